The number of carboxylic acids is 1. The molecule has 2 amide bonds. The van der Waals surface area contributed by atoms with Crippen LogP contribution in [0.3, 0.4) is 0 Å². The van der Waals surface area contributed by atoms with Gasteiger partial charge in [-0.3, -0.25) is 13.8 Å². The average molecular weight is 449 g/mol. The topological polar surface area (TPSA) is 191 Å². The molecule has 0 radical (unpaired) electrons. The zero-order chi connectivity index (χ0) is 22.1. The van der Waals surface area contributed by atoms with Gasteiger partial charge in [0.2, 0.25) is 5.60 Å². The Morgan fingerprint density at radius 1 is 1.45 bits per heavy atom. The minimum absolute atomic E-state index is 0.00742. The molecule has 1 saturated heterocycles. The van der Waals surface area contributed by atoms with Crippen LogP contribution in [0.15, 0.2) is 10.5 Å². The summed E-state index contributed by atoms with van der Waals surface area (Å²) in [6.45, 7) is 3.83. The van der Waals surface area contributed by atoms with Crippen LogP contribution in [0.25, 0.3) is 0 Å². The standard InChI is InChI=1S/C14H19N5O8S2/c1-6-8(11(21)19(6)29(24,25)26-4)17-10(20)9(7-5-28-13(15)16-7)18-27-14(2,3)12(22)23/h5-6,8H,1-4H3,(H2,15,16)(H,17,20)(H,22,23)/b18-9-/t6-,8-/m0/s1. The molecule has 1 aliphatic rings. The first kappa shape index (κ1) is 22.5. The molecule has 1 fully saturated rings. The third kappa shape index (κ3) is 4.46. The smallest absolute Gasteiger partial charge is 0.364 e. The summed E-state index contributed by atoms with van der Waals surface area (Å²) >= 11 is 0.999. The Hall–Kier alpha value is -2.78. The quantitative estimate of drug-likeness (QED) is 0.250. The highest BCUT2D eigenvalue weighted by Crippen LogP contribution is 2.24. The van der Waals surface area contributed by atoms with Crippen molar-refractivity contribution < 1.29 is 36.9 Å². The minimum Gasteiger partial charge on any atom is -0.478 e. The summed E-state index contributed by atoms with van der Waals surface area (Å²) in [6.07, 6.45) is 0. The van der Waals surface area contributed by atoms with E-state index in [-0.39, 0.29) is 10.8 Å². The number of thiazole rings is 1. The molecule has 0 saturated carbocycles. The second kappa shape index (κ2) is 7.92. The van der Waals surface area contributed by atoms with Crippen molar-refractivity contribution in [3.63, 3.8) is 0 Å². The summed E-state index contributed by atoms with van der Waals surface area (Å²) in [6, 6.07) is -2.10. The number of β-lactam (4-membered cyclic amide) rings is 1. The maximum Gasteiger partial charge on any atom is 0.364 e. The summed E-state index contributed by atoms with van der Waals surface area (Å²) < 4.78 is 28.2. The highest BCUT2D eigenvalue weighted by Gasteiger charge is 2.52. The molecule has 4 N–H and O–H groups in total. The molecule has 2 atom stereocenters. The van der Waals surface area contributed by atoms with Gasteiger partial charge in [-0.1, -0.05) is 5.16 Å². The monoisotopic (exact) mass is 449 g/mol. The normalized spacial score (nSPS) is 20.2. The Balaban J connectivity index is 2.25. The number of carbonyl (C=O) groups excluding carboxylic acids is 2. The van der Waals surface area contributed by atoms with E-state index in [1.54, 1.807) is 0 Å². The fourth-order valence-electron chi connectivity index (χ4n) is 2.18. The second-order valence-electron chi connectivity index (χ2n) is 6.37. The van der Waals surface area contributed by atoms with Crippen molar-refractivity contribution in [1.29, 1.82) is 0 Å². The average Bonchev–Trinajstić information content (AvgIpc) is 3.05. The molecule has 2 rings (SSSR count). The van der Waals surface area contributed by atoms with E-state index in [1.807, 2.05) is 0 Å². The fraction of sp³-hybridized carbons (Fsp3) is 0.500. The first-order chi connectivity index (χ1) is 13.3. The van der Waals surface area contributed by atoms with Gasteiger partial charge in [0.15, 0.2) is 10.8 Å². The van der Waals surface area contributed by atoms with Crippen molar-refractivity contribution >= 4 is 50.3 Å². The summed E-state index contributed by atoms with van der Waals surface area (Å²) in [5, 5.41) is 16.5. The van der Waals surface area contributed by atoms with Gasteiger partial charge in [0.05, 0.1) is 13.2 Å². The summed E-state index contributed by atoms with van der Waals surface area (Å²) in [4.78, 5) is 44.8. The maximum atomic E-state index is 12.7. The molecule has 160 valence electrons. The lowest BCUT2D eigenvalue weighted by Crippen LogP contribution is -2.71. The number of nitrogens with two attached hydrogens (primary N) is 1. The fourth-order valence-corrected chi connectivity index (χ4v) is 3.75. The predicted molar refractivity (Wildman–Crippen MR) is 100 cm³/mol. The van der Waals surface area contributed by atoms with Crippen molar-refractivity contribution in [3.05, 3.63) is 11.1 Å². The molecule has 29 heavy (non-hydrogen) atoms. The van der Waals surface area contributed by atoms with Gasteiger partial charge in [-0.15, -0.1) is 11.3 Å². The molecule has 0 aliphatic carbocycles. The van der Waals surface area contributed by atoms with E-state index in [4.69, 9.17) is 15.7 Å². The van der Waals surface area contributed by atoms with E-state index in [1.165, 1.54) is 26.2 Å². The molecule has 13 nitrogen and oxygen atoms in total. The molecular formula is C14H19N5O8S2. The third-order valence-corrected chi connectivity index (χ3v) is 6.02. The molecule has 0 unspecified atom stereocenters. The lowest BCUT2D eigenvalue weighted by atomic mass is 10.0. The molecule has 15 heteroatoms. The Morgan fingerprint density at radius 2 is 2.07 bits per heavy atom. The first-order valence-corrected chi connectivity index (χ1v) is 10.2. The largest absolute Gasteiger partial charge is 0.478 e. The summed E-state index contributed by atoms with van der Waals surface area (Å²) in [7, 11) is -3.35. The van der Waals surface area contributed by atoms with Crippen molar-refractivity contribution in [2.24, 2.45) is 5.16 Å². The number of hydrogen-bond donors (Lipinski definition) is 3. The Labute approximate surface area is 169 Å². The van der Waals surface area contributed by atoms with Crippen LogP contribution in [0.1, 0.15) is 26.5 Å². The molecular weight excluding hydrogens is 430 g/mol. The van der Waals surface area contributed by atoms with E-state index in [9.17, 15) is 22.8 Å². The van der Waals surface area contributed by atoms with E-state index >= 15 is 0 Å². The van der Waals surface area contributed by atoms with Gasteiger partial charge in [0.25, 0.3) is 11.8 Å². The van der Waals surface area contributed by atoms with Crippen molar-refractivity contribution in [2.45, 2.75) is 38.5 Å². The highest BCUT2D eigenvalue weighted by molar-refractivity contribution is 7.85. The Morgan fingerprint density at radius 3 is 2.52 bits per heavy atom. The van der Waals surface area contributed by atoms with Gasteiger partial charge in [0, 0.05) is 5.38 Å². The summed E-state index contributed by atoms with van der Waals surface area (Å²) in [5.74, 6) is -3.17. The molecule has 0 aromatic carbocycles. The van der Waals surface area contributed by atoms with Crippen LogP contribution < -0.4 is 11.1 Å². The number of aliphatic carboxylic acids is 1. The Bertz CT molecular complexity index is 970. The lowest BCUT2D eigenvalue weighted by Gasteiger charge is -2.42. The summed E-state index contributed by atoms with van der Waals surface area (Å²) in [5.41, 5.74) is 3.36. The number of carbonyl (C=O) groups is 3. The first-order valence-electron chi connectivity index (χ1n) is 7.97. The van der Waals surface area contributed by atoms with Crippen LogP contribution in [-0.2, 0) is 33.7 Å². The zero-order valence-electron chi connectivity index (χ0n) is 15.8. The SMILES string of the molecule is COS(=O)(=O)N1C(=O)[C@@H](NC(=O)/C(=N\OC(C)(C)C(=O)O)c2csc(N)n2)[C@@H]1C. The number of anilines is 1. The zero-order valence-corrected chi connectivity index (χ0v) is 17.4. The van der Waals surface area contributed by atoms with Crippen LogP contribution in [0.2, 0.25) is 0 Å². The van der Waals surface area contributed by atoms with E-state index < -0.39 is 51.5 Å². The van der Waals surface area contributed by atoms with Crippen LogP contribution >= 0.6 is 11.3 Å². The van der Waals surface area contributed by atoms with Gasteiger partial charge in [0.1, 0.15) is 11.7 Å². The van der Waals surface area contributed by atoms with Gasteiger partial charge in [-0.25, -0.2) is 14.1 Å². The van der Waals surface area contributed by atoms with Crippen molar-refractivity contribution in [2.75, 3.05) is 12.8 Å². The third-order valence-electron chi connectivity index (χ3n) is 3.93. The molecule has 0 bridgehead atoms. The number of oxime groups is 1. The van der Waals surface area contributed by atoms with Gasteiger partial charge < -0.3 is 21.0 Å². The van der Waals surface area contributed by atoms with Crippen LogP contribution in [-0.4, -0.2) is 71.1 Å². The van der Waals surface area contributed by atoms with Gasteiger partial charge in [-0.2, -0.15) is 8.42 Å². The van der Waals surface area contributed by atoms with E-state index in [0.717, 1.165) is 18.4 Å². The van der Waals surface area contributed by atoms with E-state index in [0.29, 0.717) is 4.31 Å². The molecule has 1 aliphatic heterocycles. The number of aromatic nitrogens is 1. The number of carboxylic acid groups (broad SMARTS) is 1. The van der Waals surface area contributed by atoms with Crippen LogP contribution in [0.5, 0.6) is 0 Å². The molecule has 1 aromatic rings. The Kier molecular flexibility index (Phi) is 6.15. The highest BCUT2D eigenvalue weighted by atomic mass is 32.2. The predicted octanol–water partition coefficient (Wildman–Crippen LogP) is -1.08. The number of nitrogens with one attached hydrogen (secondary N) is 1. The lowest BCUT2D eigenvalue weighted by molar-refractivity contribution is -0.161. The van der Waals surface area contributed by atoms with Gasteiger partial charge in [-0.05, 0) is 20.8 Å². The number of amides is 2. The number of hydrogen-bond acceptors (Lipinski definition) is 11. The van der Waals surface area contributed by atoms with Crippen LogP contribution in [0.4, 0.5) is 5.13 Å². The number of rotatable bonds is 8. The second-order valence-corrected chi connectivity index (χ2v) is 8.84. The van der Waals surface area contributed by atoms with Gasteiger partial charge >= 0.3 is 16.3 Å². The molecule has 0 spiro atoms. The van der Waals surface area contributed by atoms with Crippen LogP contribution in [0, 0.1) is 0 Å². The van der Waals surface area contributed by atoms with Crippen molar-refractivity contribution in [3.8, 4) is 0 Å². The maximum absolute atomic E-state index is 12.7. The van der Waals surface area contributed by atoms with E-state index in [2.05, 4.69) is 19.6 Å². The minimum atomic E-state index is -4.25. The molecule has 2 heterocycles. The number of nitrogens with zero attached hydrogens (tertiary/aromatic N) is 3. The number of nitrogen functional groups attached to an aromatic ring is 1. The van der Waals surface area contributed by atoms with Crippen molar-refractivity contribution in [1.82, 2.24) is 14.6 Å². The molecule has 1 aromatic heterocycles.